The number of hydrogen-bond acceptors (Lipinski definition) is 2. The molecular formula is C21H36FIN4. The normalized spacial score (nSPS) is 16.6. The van der Waals surface area contributed by atoms with E-state index in [0.717, 1.165) is 57.0 Å². The van der Waals surface area contributed by atoms with Crippen molar-refractivity contribution in [3.8, 4) is 0 Å². The molecule has 1 aliphatic rings. The van der Waals surface area contributed by atoms with E-state index < -0.39 is 0 Å². The fourth-order valence-corrected chi connectivity index (χ4v) is 3.50. The first-order valence-electron chi connectivity index (χ1n) is 9.99. The van der Waals surface area contributed by atoms with Crippen LogP contribution in [0.4, 0.5) is 4.39 Å². The number of guanidine groups is 1. The molecule has 0 bridgehead atoms. The van der Waals surface area contributed by atoms with Gasteiger partial charge in [0, 0.05) is 25.0 Å². The molecule has 154 valence electrons. The van der Waals surface area contributed by atoms with Gasteiger partial charge in [-0.2, -0.15) is 0 Å². The first-order chi connectivity index (χ1) is 12.5. The maximum Gasteiger partial charge on any atom is 0.191 e. The summed E-state index contributed by atoms with van der Waals surface area (Å²) in [5, 5.41) is 6.88. The molecule has 0 radical (unpaired) electrons. The Bertz CT molecular complexity index is 585. The highest BCUT2D eigenvalue weighted by Crippen LogP contribution is 2.48. The molecule has 0 spiro atoms. The summed E-state index contributed by atoms with van der Waals surface area (Å²) in [5.41, 5.74) is 0.754. The highest BCUT2D eigenvalue weighted by atomic mass is 127. The molecule has 1 atom stereocenters. The molecule has 27 heavy (non-hydrogen) atoms. The summed E-state index contributed by atoms with van der Waals surface area (Å²) >= 11 is 0. The lowest BCUT2D eigenvalue weighted by atomic mass is 9.95. The molecule has 0 aromatic heterocycles. The lowest BCUT2D eigenvalue weighted by Crippen LogP contribution is -2.45. The molecular weight excluding hydrogens is 454 g/mol. The van der Waals surface area contributed by atoms with E-state index in [1.54, 1.807) is 19.2 Å². The number of aliphatic imine (C=N–C) groups is 1. The minimum atomic E-state index is -0.0977. The molecule has 1 aromatic carbocycles. The summed E-state index contributed by atoms with van der Waals surface area (Å²) in [7, 11) is 1.79. The Balaban J connectivity index is 0.00000364. The molecule has 1 aliphatic carbocycles. The van der Waals surface area contributed by atoms with Crippen LogP contribution in [0.15, 0.2) is 29.3 Å². The minimum absolute atomic E-state index is 0. The molecule has 1 unspecified atom stereocenters. The van der Waals surface area contributed by atoms with Crippen molar-refractivity contribution in [1.29, 1.82) is 0 Å². The molecule has 2 N–H and O–H groups in total. The Morgan fingerprint density at radius 2 is 1.93 bits per heavy atom. The van der Waals surface area contributed by atoms with Crippen molar-refractivity contribution in [2.75, 3.05) is 33.2 Å². The van der Waals surface area contributed by atoms with Crippen LogP contribution in [0, 0.1) is 5.82 Å². The van der Waals surface area contributed by atoms with Crippen molar-refractivity contribution >= 4 is 29.9 Å². The van der Waals surface area contributed by atoms with E-state index in [2.05, 4.69) is 41.3 Å². The summed E-state index contributed by atoms with van der Waals surface area (Å²) in [6, 6.07) is 7.50. The van der Waals surface area contributed by atoms with Crippen LogP contribution in [0.5, 0.6) is 0 Å². The number of rotatable bonds is 10. The Kier molecular flexibility index (Phi) is 10.6. The quantitative estimate of drug-likeness (QED) is 0.294. The van der Waals surface area contributed by atoms with Gasteiger partial charge >= 0.3 is 0 Å². The van der Waals surface area contributed by atoms with Gasteiger partial charge in [-0.1, -0.05) is 32.0 Å². The third-order valence-electron chi connectivity index (χ3n) is 5.51. The first kappa shape index (κ1) is 24.1. The van der Waals surface area contributed by atoms with Gasteiger partial charge in [0.1, 0.15) is 5.82 Å². The largest absolute Gasteiger partial charge is 0.356 e. The molecule has 0 saturated heterocycles. The van der Waals surface area contributed by atoms with E-state index in [-0.39, 0.29) is 35.2 Å². The van der Waals surface area contributed by atoms with E-state index in [0.29, 0.717) is 6.04 Å². The van der Waals surface area contributed by atoms with E-state index in [1.807, 2.05) is 12.1 Å². The van der Waals surface area contributed by atoms with Gasteiger partial charge in [-0.25, -0.2) is 4.39 Å². The van der Waals surface area contributed by atoms with Gasteiger partial charge < -0.3 is 15.5 Å². The average molecular weight is 490 g/mol. The zero-order valence-corrected chi connectivity index (χ0v) is 19.6. The maximum absolute atomic E-state index is 14.1. The Morgan fingerprint density at radius 1 is 1.26 bits per heavy atom. The molecule has 0 amide bonds. The fraction of sp³-hybridized carbons (Fsp3) is 0.667. The predicted octanol–water partition coefficient (Wildman–Crippen LogP) is 4.15. The van der Waals surface area contributed by atoms with Crippen LogP contribution < -0.4 is 10.6 Å². The van der Waals surface area contributed by atoms with Crippen LogP contribution in [-0.4, -0.2) is 50.1 Å². The van der Waals surface area contributed by atoms with Crippen LogP contribution in [-0.2, 0) is 5.41 Å². The number of nitrogens with zero attached hydrogens (tertiary/aromatic N) is 2. The number of hydrogen-bond donors (Lipinski definition) is 2. The van der Waals surface area contributed by atoms with Crippen molar-refractivity contribution in [3.05, 3.63) is 35.6 Å². The lowest BCUT2D eigenvalue weighted by molar-refractivity contribution is 0.292. The van der Waals surface area contributed by atoms with Crippen molar-refractivity contribution in [2.24, 2.45) is 4.99 Å². The standard InChI is InChI=1S/C21H35FN4.HI/c1-5-26(6-2)15-9-10-17(3)25-20(23-4)24-16-21(13-14-21)18-11-7-8-12-19(18)22;/h7-8,11-12,17H,5-6,9-10,13-16H2,1-4H3,(H2,23,24,25);1H. The molecule has 4 nitrogen and oxygen atoms in total. The Morgan fingerprint density at radius 3 is 2.48 bits per heavy atom. The van der Waals surface area contributed by atoms with Crippen LogP contribution in [0.3, 0.4) is 0 Å². The molecule has 1 saturated carbocycles. The third kappa shape index (κ3) is 7.22. The zero-order chi connectivity index (χ0) is 19.0. The van der Waals surface area contributed by atoms with Crippen molar-refractivity contribution in [2.45, 2.75) is 57.9 Å². The van der Waals surface area contributed by atoms with Gasteiger partial charge in [-0.15, -0.1) is 24.0 Å². The SMILES string of the molecule is CCN(CC)CCCC(C)NC(=NC)NCC1(c2ccccc2F)CC1.I. The monoisotopic (exact) mass is 490 g/mol. The van der Waals surface area contributed by atoms with Gasteiger partial charge in [0.2, 0.25) is 0 Å². The van der Waals surface area contributed by atoms with Gasteiger partial charge in [-0.3, -0.25) is 4.99 Å². The fourth-order valence-electron chi connectivity index (χ4n) is 3.50. The topological polar surface area (TPSA) is 39.7 Å². The summed E-state index contributed by atoms with van der Waals surface area (Å²) in [6.07, 6.45) is 4.33. The Labute approximate surface area is 181 Å². The van der Waals surface area contributed by atoms with Crippen molar-refractivity contribution < 1.29 is 4.39 Å². The van der Waals surface area contributed by atoms with Gasteiger partial charge in [-0.05, 0) is 63.9 Å². The number of nitrogens with one attached hydrogen (secondary N) is 2. The molecule has 1 fully saturated rings. The third-order valence-corrected chi connectivity index (χ3v) is 5.51. The molecule has 1 aromatic rings. The summed E-state index contributed by atoms with van der Waals surface area (Å²) in [5.74, 6) is 0.711. The molecule has 6 heteroatoms. The molecule has 2 rings (SSSR count). The van der Waals surface area contributed by atoms with Gasteiger partial charge in [0.15, 0.2) is 5.96 Å². The second-order valence-corrected chi connectivity index (χ2v) is 7.40. The molecule has 0 aliphatic heterocycles. The summed E-state index contributed by atoms with van der Waals surface area (Å²) in [4.78, 5) is 6.79. The molecule has 0 heterocycles. The number of benzene rings is 1. The van der Waals surface area contributed by atoms with Gasteiger partial charge in [0.25, 0.3) is 0 Å². The predicted molar refractivity (Wildman–Crippen MR) is 124 cm³/mol. The second-order valence-electron chi connectivity index (χ2n) is 7.40. The first-order valence-corrected chi connectivity index (χ1v) is 9.99. The van der Waals surface area contributed by atoms with Crippen molar-refractivity contribution in [3.63, 3.8) is 0 Å². The maximum atomic E-state index is 14.1. The van der Waals surface area contributed by atoms with E-state index in [4.69, 9.17) is 0 Å². The van der Waals surface area contributed by atoms with Crippen LogP contribution in [0.25, 0.3) is 0 Å². The summed E-state index contributed by atoms with van der Waals surface area (Å²) < 4.78 is 14.1. The average Bonchev–Trinajstić information content (AvgIpc) is 3.43. The summed E-state index contributed by atoms with van der Waals surface area (Å²) in [6.45, 7) is 10.7. The van der Waals surface area contributed by atoms with Crippen molar-refractivity contribution in [1.82, 2.24) is 15.5 Å². The van der Waals surface area contributed by atoms with E-state index in [1.165, 1.54) is 6.42 Å². The minimum Gasteiger partial charge on any atom is -0.356 e. The lowest BCUT2D eigenvalue weighted by Gasteiger charge is -2.23. The zero-order valence-electron chi connectivity index (χ0n) is 17.2. The van der Waals surface area contributed by atoms with Gasteiger partial charge in [0.05, 0.1) is 0 Å². The van der Waals surface area contributed by atoms with E-state index >= 15 is 0 Å². The van der Waals surface area contributed by atoms with Crippen LogP contribution in [0.1, 0.15) is 52.0 Å². The highest BCUT2D eigenvalue weighted by Gasteiger charge is 2.45. The number of halogens is 2. The van der Waals surface area contributed by atoms with Crippen LogP contribution >= 0.6 is 24.0 Å². The Hall–Kier alpha value is -0.890. The van der Waals surface area contributed by atoms with E-state index in [9.17, 15) is 4.39 Å². The smallest absolute Gasteiger partial charge is 0.191 e. The highest BCUT2D eigenvalue weighted by molar-refractivity contribution is 14.0. The second kappa shape index (κ2) is 11.8. The van der Waals surface area contributed by atoms with Crippen LogP contribution in [0.2, 0.25) is 0 Å².